The minimum atomic E-state index is -0.102. The molecule has 0 fully saturated rings. The number of ketones is 1. The Kier molecular flexibility index (Phi) is 2.42. The van der Waals surface area contributed by atoms with Gasteiger partial charge in [-0.25, -0.2) is 0 Å². The van der Waals surface area contributed by atoms with Crippen molar-refractivity contribution in [2.24, 2.45) is 0 Å². The predicted octanol–water partition coefficient (Wildman–Crippen LogP) is 2.81. The Balaban J connectivity index is 2.09. The standard InChI is InChI=1S/C17H14N2O2/c1-18-17(21)9-2-5-13-12(8-9)16-11-4-7-15(20)10(11)3-6-14(16)19-13/h2-3,5-6,8,19H,4,7H2,1H3,(H,18,21). The number of H-pyrrole nitrogens is 1. The lowest BCUT2D eigenvalue weighted by Gasteiger charge is -2.02. The van der Waals surface area contributed by atoms with Crippen LogP contribution in [0, 0.1) is 0 Å². The number of nitrogens with one attached hydrogen (secondary N) is 2. The number of benzene rings is 2. The summed E-state index contributed by atoms with van der Waals surface area (Å²) >= 11 is 0. The zero-order valence-electron chi connectivity index (χ0n) is 11.6. The van der Waals surface area contributed by atoms with E-state index in [9.17, 15) is 9.59 Å². The fraction of sp³-hybridized carbons (Fsp3) is 0.176. The number of aromatic nitrogens is 1. The number of rotatable bonds is 1. The summed E-state index contributed by atoms with van der Waals surface area (Å²) in [5.41, 5.74) is 4.58. The van der Waals surface area contributed by atoms with Crippen LogP contribution >= 0.6 is 0 Å². The van der Waals surface area contributed by atoms with Gasteiger partial charge in [-0.05, 0) is 42.3 Å². The normalized spacial score (nSPS) is 13.9. The second-order valence-corrected chi connectivity index (χ2v) is 5.40. The molecule has 0 saturated carbocycles. The van der Waals surface area contributed by atoms with Crippen molar-refractivity contribution < 1.29 is 9.59 Å². The molecule has 0 unspecified atom stereocenters. The summed E-state index contributed by atoms with van der Waals surface area (Å²) in [4.78, 5) is 27.1. The van der Waals surface area contributed by atoms with Gasteiger partial charge in [0.1, 0.15) is 0 Å². The van der Waals surface area contributed by atoms with Gasteiger partial charge in [0.15, 0.2) is 5.78 Å². The molecule has 1 heterocycles. The van der Waals surface area contributed by atoms with E-state index >= 15 is 0 Å². The molecule has 0 atom stereocenters. The van der Waals surface area contributed by atoms with Gasteiger partial charge in [0, 0.05) is 46.4 Å². The van der Waals surface area contributed by atoms with Crippen molar-refractivity contribution in [1.29, 1.82) is 0 Å². The summed E-state index contributed by atoms with van der Waals surface area (Å²) in [5, 5.41) is 4.74. The minimum absolute atomic E-state index is 0.102. The van der Waals surface area contributed by atoms with Crippen LogP contribution in [0.4, 0.5) is 0 Å². The van der Waals surface area contributed by atoms with Crippen LogP contribution in [0.15, 0.2) is 30.3 Å². The fourth-order valence-electron chi connectivity index (χ4n) is 3.24. The number of aryl methyl sites for hydroxylation is 1. The molecule has 3 aromatic rings. The van der Waals surface area contributed by atoms with E-state index in [-0.39, 0.29) is 11.7 Å². The molecule has 1 aliphatic carbocycles. The second kappa shape index (κ2) is 4.19. The third-order valence-electron chi connectivity index (χ3n) is 4.26. The molecule has 4 heteroatoms. The van der Waals surface area contributed by atoms with Crippen molar-refractivity contribution in [1.82, 2.24) is 10.3 Å². The molecular formula is C17H14N2O2. The van der Waals surface area contributed by atoms with Crippen molar-refractivity contribution in [3.8, 4) is 0 Å². The molecule has 0 saturated heterocycles. The van der Waals surface area contributed by atoms with Crippen molar-refractivity contribution >= 4 is 33.5 Å². The Morgan fingerprint density at radius 3 is 2.76 bits per heavy atom. The molecule has 0 radical (unpaired) electrons. The van der Waals surface area contributed by atoms with E-state index in [1.165, 1.54) is 0 Å². The maximum Gasteiger partial charge on any atom is 0.251 e. The molecule has 2 aromatic carbocycles. The largest absolute Gasteiger partial charge is 0.355 e. The highest BCUT2D eigenvalue weighted by molar-refractivity contribution is 6.15. The first-order valence-electron chi connectivity index (χ1n) is 7.01. The molecule has 104 valence electrons. The van der Waals surface area contributed by atoms with Crippen LogP contribution in [0.3, 0.4) is 0 Å². The predicted molar refractivity (Wildman–Crippen MR) is 81.8 cm³/mol. The highest BCUT2D eigenvalue weighted by Gasteiger charge is 2.23. The van der Waals surface area contributed by atoms with E-state index in [0.717, 1.165) is 39.4 Å². The monoisotopic (exact) mass is 278 g/mol. The molecule has 0 spiro atoms. The lowest BCUT2D eigenvalue weighted by atomic mass is 10.0. The van der Waals surface area contributed by atoms with E-state index in [1.807, 2.05) is 30.3 Å². The van der Waals surface area contributed by atoms with Gasteiger partial charge >= 0.3 is 0 Å². The lowest BCUT2D eigenvalue weighted by molar-refractivity contribution is 0.0961. The topological polar surface area (TPSA) is 62.0 Å². The van der Waals surface area contributed by atoms with E-state index in [0.29, 0.717) is 12.0 Å². The number of Topliss-reactive ketones (excluding diaryl/α,β-unsaturated/α-hetero) is 1. The van der Waals surface area contributed by atoms with Gasteiger partial charge in [-0.3, -0.25) is 9.59 Å². The maximum atomic E-state index is 11.9. The van der Waals surface area contributed by atoms with Gasteiger partial charge < -0.3 is 10.3 Å². The molecule has 1 aromatic heterocycles. The Labute approximate surface area is 121 Å². The zero-order valence-corrected chi connectivity index (χ0v) is 11.6. The van der Waals surface area contributed by atoms with Crippen LogP contribution < -0.4 is 5.32 Å². The third-order valence-corrected chi connectivity index (χ3v) is 4.26. The van der Waals surface area contributed by atoms with Crippen LogP contribution in [0.25, 0.3) is 21.8 Å². The fourth-order valence-corrected chi connectivity index (χ4v) is 3.24. The van der Waals surface area contributed by atoms with Gasteiger partial charge in [0.05, 0.1) is 0 Å². The lowest BCUT2D eigenvalue weighted by Crippen LogP contribution is -2.17. The van der Waals surface area contributed by atoms with E-state index in [4.69, 9.17) is 0 Å². The van der Waals surface area contributed by atoms with E-state index in [1.54, 1.807) is 7.05 Å². The van der Waals surface area contributed by atoms with Gasteiger partial charge in [0.25, 0.3) is 5.91 Å². The van der Waals surface area contributed by atoms with E-state index < -0.39 is 0 Å². The Morgan fingerprint density at radius 2 is 1.95 bits per heavy atom. The number of hydrogen-bond donors (Lipinski definition) is 2. The van der Waals surface area contributed by atoms with Gasteiger partial charge in [-0.2, -0.15) is 0 Å². The molecule has 21 heavy (non-hydrogen) atoms. The van der Waals surface area contributed by atoms with Crippen LogP contribution in [0.2, 0.25) is 0 Å². The van der Waals surface area contributed by atoms with Crippen LogP contribution in [-0.4, -0.2) is 23.7 Å². The smallest absolute Gasteiger partial charge is 0.251 e. The first-order valence-corrected chi connectivity index (χ1v) is 7.01. The zero-order chi connectivity index (χ0) is 14.6. The Morgan fingerprint density at radius 1 is 1.14 bits per heavy atom. The van der Waals surface area contributed by atoms with Gasteiger partial charge in [-0.15, -0.1) is 0 Å². The molecule has 1 amide bonds. The van der Waals surface area contributed by atoms with Crippen molar-refractivity contribution in [3.63, 3.8) is 0 Å². The summed E-state index contributed by atoms with van der Waals surface area (Å²) in [6.45, 7) is 0. The van der Waals surface area contributed by atoms with E-state index in [2.05, 4.69) is 10.3 Å². The quantitative estimate of drug-likeness (QED) is 0.719. The number of carbonyl (C=O) groups is 2. The number of aromatic amines is 1. The van der Waals surface area contributed by atoms with Crippen molar-refractivity contribution in [2.75, 3.05) is 7.05 Å². The molecule has 2 N–H and O–H groups in total. The molecule has 1 aliphatic rings. The minimum Gasteiger partial charge on any atom is -0.355 e. The molecule has 0 aliphatic heterocycles. The maximum absolute atomic E-state index is 11.9. The molecule has 0 bridgehead atoms. The number of hydrogen-bond acceptors (Lipinski definition) is 2. The van der Waals surface area contributed by atoms with Gasteiger partial charge in [-0.1, -0.05) is 0 Å². The molecule has 4 rings (SSSR count). The molecular weight excluding hydrogens is 264 g/mol. The Bertz CT molecular complexity index is 921. The summed E-state index contributed by atoms with van der Waals surface area (Å²) in [5.74, 6) is 0.110. The third kappa shape index (κ3) is 1.62. The van der Waals surface area contributed by atoms with Crippen molar-refractivity contribution in [3.05, 3.63) is 47.0 Å². The summed E-state index contributed by atoms with van der Waals surface area (Å²) in [6, 6.07) is 9.49. The average Bonchev–Trinajstić information content (AvgIpc) is 3.06. The number of amides is 1. The van der Waals surface area contributed by atoms with Crippen LogP contribution in [0.1, 0.15) is 32.7 Å². The summed E-state index contributed by atoms with van der Waals surface area (Å²) in [7, 11) is 1.62. The highest BCUT2D eigenvalue weighted by Crippen LogP contribution is 2.35. The summed E-state index contributed by atoms with van der Waals surface area (Å²) < 4.78 is 0. The average molecular weight is 278 g/mol. The van der Waals surface area contributed by atoms with Crippen LogP contribution in [-0.2, 0) is 6.42 Å². The molecule has 4 nitrogen and oxygen atoms in total. The number of fused-ring (bicyclic) bond motifs is 5. The first-order chi connectivity index (χ1) is 10.2. The SMILES string of the molecule is CNC(=O)c1ccc2[nH]c3ccc4c(c3c2c1)CCC4=O. The Hall–Kier alpha value is -2.62. The second-order valence-electron chi connectivity index (χ2n) is 5.40. The van der Waals surface area contributed by atoms with Crippen molar-refractivity contribution in [2.45, 2.75) is 12.8 Å². The first kappa shape index (κ1) is 12.1. The van der Waals surface area contributed by atoms with Crippen LogP contribution in [0.5, 0.6) is 0 Å². The highest BCUT2D eigenvalue weighted by atomic mass is 16.1. The van der Waals surface area contributed by atoms with Gasteiger partial charge in [0.2, 0.25) is 0 Å². The number of carbonyl (C=O) groups excluding carboxylic acids is 2. The summed E-state index contributed by atoms with van der Waals surface area (Å²) in [6.07, 6.45) is 1.36.